The van der Waals surface area contributed by atoms with Crippen molar-refractivity contribution >= 4 is 29.0 Å². The van der Waals surface area contributed by atoms with E-state index in [0.717, 1.165) is 11.5 Å². The van der Waals surface area contributed by atoms with Crippen LogP contribution < -0.4 is 4.90 Å². The zero-order chi connectivity index (χ0) is 12.3. The summed E-state index contributed by atoms with van der Waals surface area (Å²) in [6.45, 7) is 0. The summed E-state index contributed by atoms with van der Waals surface area (Å²) in [5, 5.41) is 0.654. The number of alkyl halides is 1. The van der Waals surface area contributed by atoms with Crippen molar-refractivity contribution in [3.05, 3.63) is 22.8 Å². The molecule has 0 radical (unpaired) electrons. The van der Waals surface area contributed by atoms with E-state index in [1.165, 1.54) is 32.1 Å². The van der Waals surface area contributed by atoms with Gasteiger partial charge < -0.3 is 4.90 Å². The zero-order valence-electron chi connectivity index (χ0n) is 10.1. The van der Waals surface area contributed by atoms with Gasteiger partial charge in [0.2, 0.25) is 0 Å². The van der Waals surface area contributed by atoms with Gasteiger partial charge in [0.15, 0.2) is 0 Å². The van der Waals surface area contributed by atoms with E-state index in [0.29, 0.717) is 16.9 Å². The molecule has 2 nitrogen and oxygen atoms in total. The van der Waals surface area contributed by atoms with Crippen LogP contribution >= 0.6 is 23.2 Å². The normalized spacial score (nSPS) is 17.1. The topological polar surface area (TPSA) is 16.1 Å². The fraction of sp³-hybridized carbons (Fsp3) is 0.615. The molecular weight excluding hydrogens is 255 g/mol. The number of hydrogen-bond donors (Lipinski definition) is 0. The average Bonchev–Trinajstić information content (AvgIpc) is 2.39. The van der Waals surface area contributed by atoms with Gasteiger partial charge in [-0.05, 0) is 25.0 Å². The average molecular weight is 273 g/mol. The van der Waals surface area contributed by atoms with Crippen molar-refractivity contribution in [2.75, 3.05) is 11.9 Å². The first kappa shape index (κ1) is 13.0. The SMILES string of the molecule is CN(c1ccc(Cl)c(CCl)n1)C1CCCCC1. The van der Waals surface area contributed by atoms with Gasteiger partial charge in [0.1, 0.15) is 5.82 Å². The third-order valence-corrected chi connectivity index (χ3v) is 4.11. The second kappa shape index (κ2) is 5.92. The first-order valence-electron chi connectivity index (χ1n) is 6.16. The maximum atomic E-state index is 6.02. The highest BCUT2D eigenvalue weighted by Crippen LogP contribution is 2.27. The highest BCUT2D eigenvalue weighted by atomic mass is 35.5. The van der Waals surface area contributed by atoms with Crippen LogP contribution in [0, 0.1) is 0 Å². The molecule has 1 heterocycles. The lowest BCUT2D eigenvalue weighted by atomic mass is 9.94. The molecular formula is C13H18Cl2N2. The van der Waals surface area contributed by atoms with E-state index in [4.69, 9.17) is 23.2 Å². The summed E-state index contributed by atoms with van der Waals surface area (Å²) < 4.78 is 0. The predicted octanol–water partition coefficient (Wildman–Crippen LogP) is 4.24. The van der Waals surface area contributed by atoms with Gasteiger partial charge >= 0.3 is 0 Å². The van der Waals surface area contributed by atoms with Crippen LogP contribution in [0.15, 0.2) is 12.1 Å². The molecule has 1 aliphatic carbocycles. The predicted molar refractivity (Wildman–Crippen MR) is 74.1 cm³/mol. The molecule has 0 aromatic carbocycles. The Labute approximate surface area is 113 Å². The number of anilines is 1. The summed E-state index contributed by atoms with van der Waals surface area (Å²) in [5.74, 6) is 1.35. The van der Waals surface area contributed by atoms with Crippen LogP contribution in [0.25, 0.3) is 0 Å². The Bertz CT molecular complexity index is 376. The molecule has 0 spiro atoms. The molecule has 1 fully saturated rings. The third-order valence-electron chi connectivity index (χ3n) is 3.51. The van der Waals surface area contributed by atoms with Crippen molar-refractivity contribution in [2.24, 2.45) is 0 Å². The fourth-order valence-corrected chi connectivity index (χ4v) is 2.86. The number of pyridine rings is 1. The molecule has 1 saturated carbocycles. The Balaban J connectivity index is 2.15. The Morgan fingerprint density at radius 2 is 2.00 bits per heavy atom. The van der Waals surface area contributed by atoms with Gasteiger partial charge in [-0.15, -0.1) is 11.6 Å². The smallest absolute Gasteiger partial charge is 0.128 e. The summed E-state index contributed by atoms with van der Waals surface area (Å²) in [4.78, 5) is 6.80. The summed E-state index contributed by atoms with van der Waals surface area (Å²) in [6.07, 6.45) is 6.54. The molecule has 94 valence electrons. The largest absolute Gasteiger partial charge is 0.357 e. The third kappa shape index (κ3) is 3.05. The molecule has 4 heteroatoms. The van der Waals surface area contributed by atoms with Crippen molar-refractivity contribution in [3.63, 3.8) is 0 Å². The molecule has 0 amide bonds. The standard InChI is InChI=1S/C13H18Cl2N2/c1-17(10-5-3-2-4-6-10)13-8-7-11(15)12(9-14)16-13/h7-8,10H,2-6,9H2,1H3. The van der Waals surface area contributed by atoms with Gasteiger partial charge in [0.05, 0.1) is 16.6 Å². The summed E-state index contributed by atoms with van der Waals surface area (Å²) in [6, 6.07) is 4.48. The molecule has 0 aliphatic heterocycles. The van der Waals surface area contributed by atoms with E-state index in [1.54, 1.807) is 0 Å². The van der Waals surface area contributed by atoms with Gasteiger partial charge in [0.25, 0.3) is 0 Å². The minimum atomic E-state index is 0.366. The second-order valence-electron chi connectivity index (χ2n) is 4.63. The van der Waals surface area contributed by atoms with Crippen LogP contribution in [0.5, 0.6) is 0 Å². The number of aromatic nitrogens is 1. The molecule has 0 N–H and O–H groups in total. The second-order valence-corrected chi connectivity index (χ2v) is 5.31. The maximum Gasteiger partial charge on any atom is 0.128 e. The first-order valence-corrected chi connectivity index (χ1v) is 7.08. The lowest BCUT2D eigenvalue weighted by Crippen LogP contribution is -2.34. The van der Waals surface area contributed by atoms with Gasteiger partial charge in [-0.3, -0.25) is 0 Å². The molecule has 1 aromatic heterocycles. The van der Waals surface area contributed by atoms with E-state index >= 15 is 0 Å². The Morgan fingerprint density at radius 3 is 2.65 bits per heavy atom. The van der Waals surface area contributed by atoms with E-state index < -0.39 is 0 Å². The van der Waals surface area contributed by atoms with Crippen LogP contribution in [0.4, 0.5) is 5.82 Å². The number of halogens is 2. The molecule has 0 bridgehead atoms. The molecule has 1 aliphatic rings. The number of hydrogen-bond acceptors (Lipinski definition) is 2. The van der Waals surface area contributed by atoms with Crippen molar-refractivity contribution in [1.82, 2.24) is 4.98 Å². The van der Waals surface area contributed by atoms with Crippen LogP contribution in [0.2, 0.25) is 5.02 Å². The summed E-state index contributed by atoms with van der Waals surface area (Å²) >= 11 is 11.9. The Kier molecular flexibility index (Phi) is 4.52. The van der Waals surface area contributed by atoms with Crippen LogP contribution in [-0.4, -0.2) is 18.1 Å². The van der Waals surface area contributed by atoms with Gasteiger partial charge in [0, 0.05) is 13.1 Å². The minimum absolute atomic E-state index is 0.366. The molecule has 1 aromatic rings. The zero-order valence-corrected chi connectivity index (χ0v) is 11.6. The fourth-order valence-electron chi connectivity index (χ4n) is 2.42. The number of rotatable bonds is 3. The summed E-state index contributed by atoms with van der Waals surface area (Å²) in [7, 11) is 2.12. The van der Waals surface area contributed by atoms with E-state index in [1.807, 2.05) is 12.1 Å². The van der Waals surface area contributed by atoms with Crippen molar-refractivity contribution in [2.45, 2.75) is 44.0 Å². The molecule has 0 unspecified atom stereocenters. The van der Waals surface area contributed by atoms with E-state index in [2.05, 4.69) is 16.9 Å². The van der Waals surface area contributed by atoms with Crippen molar-refractivity contribution < 1.29 is 0 Å². The maximum absolute atomic E-state index is 6.02. The summed E-state index contributed by atoms with van der Waals surface area (Å²) in [5.41, 5.74) is 0.772. The first-order chi connectivity index (χ1) is 8.22. The lowest BCUT2D eigenvalue weighted by molar-refractivity contribution is 0.426. The molecule has 0 atom stereocenters. The Morgan fingerprint density at radius 1 is 1.29 bits per heavy atom. The highest BCUT2D eigenvalue weighted by molar-refractivity contribution is 6.32. The van der Waals surface area contributed by atoms with Gasteiger partial charge in [-0.1, -0.05) is 30.9 Å². The van der Waals surface area contributed by atoms with E-state index in [9.17, 15) is 0 Å². The van der Waals surface area contributed by atoms with Crippen LogP contribution in [-0.2, 0) is 5.88 Å². The van der Waals surface area contributed by atoms with Gasteiger partial charge in [-0.25, -0.2) is 4.98 Å². The Hall–Kier alpha value is -0.470. The quantitative estimate of drug-likeness (QED) is 0.766. The van der Waals surface area contributed by atoms with Crippen molar-refractivity contribution in [3.8, 4) is 0 Å². The molecule has 0 saturated heterocycles. The van der Waals surface area contributed by atoms with E-state index in [-0.39, 0.29) is 0 Å². The van der Waals surface area contributed by atoms with Crippen LogP contribution in [0.3, 0.4) is 0 Å². The van der Waals surface area contributed by atoms with Gasteiger partial charge in [-0.2, -0.15) is 0 Å². The van der Waals surface area contributed by atoms with Crippen molar-refractivity contribution in [1.29, 1.82) is 0 Å². The minimum Gasteiger partial charge on any atom is -0.357 e. The monoisotopic (exact) mass is 272 g/mol. The number of nitrogens with zero attached hydrogens (tertiary/aromatic N) is 2. The lowest BCUT2D eigenvalue weighted by Gasteiger charge is -2.32. The van der Waals surface area contributed by atoms with Crippen LogP contribution in [0.1, 0.15) is 37.8 Å². The molecule has 17 heavy (non-hydrogen) atoms. The highest BCUT2D eigenvalue weighted by Gasteiger charge is 2.19. The molecule has 2 rings (SSSR count).